The molecule has 9 heteroatoms. The molecule has 1 amide bonds. The monoisotopic (exact) mass is 489 g/mol. The van der Waals surface area contributed by atoms with Gasteiger partial charge < -0.3 is 33.7 Å². The first kappa shape index (κ1) is 24.6. The molecule has 1 aromatic rings. The summed E-state index contributed by atoms with van der Waals surface area (Å²) in [4.78, 5) is 26.9. The maximum atomic E-state index is 13.8. The summed E-state index contributed by atoms with van der Waals surface area (Å²) in [5, 5.41) is 3.08. The van der Waals surface area contributed by atoms with Gasteiger partial charge in [0.1, 0.15) is 18.3 Å². The fourth-order valence-electron chi connectivity index (χ4n) is 5.59. The zero-order valence-corrected chi connectivity index (χ0v) is 20.8. The molecule has 0 unspecified atom stereocenters. The van der Waals surface area contributed by atoms with Gasteiger partial charge in [-0.2, -0.15) is 0 Å². The second-order valence-electron chi connectivity index (χ2n) is 10.7. The Balaban J connectivity index is 1.49. The van der Waals surface area contributed by atoms with Crippen molar-refractivity contribution < 1.29 is 38.0 Å². The van der Waals surface area contributed by atoms with E-state index in [9.17, 15) is 9.59 Å². The van der Waals surface area contributed by atoms with Crippen LogP contribution in [0.5, 0.6) is 0 Å². The Hall–Kier alpha value is -2.04. The van der Waals surface area contributed by atoms with E-state index in [1.807, 2.05) is 13.8 Å². The molecule has 1 N–H and O–H groups in total. The Morgan fingerprint density at radius 1 is 0.971 bits per heavy atom. The summed E-state index contributed by atoms with van der Waals surface area (Å²) in [6.07, 6.45) is 1.73. The van der Waals surface area contributed by atoms with Crippen LogP contribution < -0.4 is 5.32 Å². The Bertz CT molecular complexity index is 944. The zero-order valence-electron chi connectivity index (χ0n) is 20.8. The van der Waals surface area contributed by atoms with E-state index in [0.29, 0.717) is 5.56 Å². The summed E-state index contributed by atoms with van der Waals surface area (Å²) < 4.78 is 36.9. The van der Waals surface area contributed by atoms with Crippen LogP contribution in [0.3, 0.4) is 0 Å². The van der Waals surface area contributed by atoms with Gasteiger partial charge in [0.05, 0.1) is 12.2 Å². The molecular formula is C26H35NO8. The van der Waals surface area contributed by atoms with Crippen molar-refractivity contribution >= 4 is 11.9 Å². The molecule has 5 rings (SSSR count). The lowest BCUT2D eigenvalue weighted by Crippen LogP contribution is -2.68. The molecule has 3 heterocycles. The molecule has 35 heavy (non-hydrogen) atoms. The van der Waals surface area contributed by atoms with Gasteiger partial charge in [0.25, 0.3) is 5.91 Å². The second kappa shape index (κ2) is 9.12. The summed E-state index contributed by atoms with van der Waals surface area (Å²) in [5.41, 5.74) is 0.323. The van der Waals surface area contributed by atoms with Crippen molar-refractivity contribution in [1.82, 2.24) is 5.32 Å². The molecule has 1 aliphatic carbocycles. The molecule has 9 nitrogen and oxygen atoms in total. The average Bonchev–Trinajstić information content (AvgIpc) is 3.29. The van der Waals surface area contributed by atoms with Gasteiger partial charge in [-0.25, -0.2) is 4.79 Å². The van der Waals surface area contributed by atoms with Gasteiger partial charge in [-0.1, -0.05) is 37.5 Å². The third kappa shape index (κ3) is 4.84. The fraction of sp³-hybridized carbons (Fsp3) is 0.692. The van der Waals surface area contributed by atoms with Gasteiger partial charge >= 0.3 is 5.97 Å². The highest BCUT2D eigenvalue weighted by Crippen LogP contribution is 2.49. The van der Waals surface area contributed by atoms with Crippen LogP contribution in [0.2, 0.25) is 0 Å². The number of ether oxygens (including phenoxy) is 6. The number of carbonyl (C=O) groups excluding carboxylic acids is 2. The van der Waals surface area contributed by atoms with E-state index >= 15 is 0 Å². The first-order valence-corrected chi connectivity index (χ1v) is 12.5. The number of benzene rings is 1. The molecule has 1 aromatic carbocycles. The van der Waals surface area contributed by atoms with Gasteiger partial charge in [0.15, 0.2) is 11.6 Å². The van der Waals surface area contributed by atoms with Crippen LogP contribution in [0.15, 0.2) is 30.3 Å². The number of esters is 1. The van der Waals surface area contributed by atoms with Gasteiger partial charge in [-0.3, -0.25) is 4.79 Å². The van der Waals surface area contributed by atoms with E-state index in [1.54, 1.807) is 44.2 Å². The van der Waals surface area contributed by atoms with E-state index in [4.69, 9.17) is 28.4 Å². The molecular weight excluding hydrogens is 454 g/mol. The summed E-state index contributed by atoms with van der Waals surface area (Å²) in [7, 11) is 0. The normalized spacial score (nSPS) is 34.5. The molecule has 192 valence electrons. The van der Waals surface area contributed by atoms with Gasteiger partial charge in [-0.15, -0.1) is 0 Å². The predicted octanol–water partition coefficient (Wildman–Crippen LogP) is 3.06. The van der Waals surface area contributed by atoms with Crippen molar-refractivity contribution in [2.75, 3.05) is 6.61 Å². The quantitative estimate of drug-likeness (QED) is 0.630. The zero-order chi connectivity index (χ0) is 24.8. The molecule has 0 aromatic heterocycles. The third-order valence-electron chi connectivity index (χ3n) is 7.00. The SMILES string of the molecule is CC1(C)O[C@@H]2[C@@H](CO[C@@]3([C@H](OC(=O)c4ccccc4)C(=O)NC4CCCCC4)OC(C)(C)O[C@@H]23)O1. The van der Waals surface area contributed by atoms with Crippen LogP contribution in [0, 0.1) is 0 Å². The molecule has 3 aliphatic heterocycles. The molecule has 1 saturated carbocycles. The van der Waals surface area contributed by atoms with E-state index in [0.717, 1.165) is 32.1 Å². The maximum absolute atomic E-state index is 13.8. The molecule has 0 bridgehead atoms. The van der Waals surface area contributed by atoms with Gasteiger partial charge in [0, 0.05) is 6.04 Å². The predicted molar refractivity (Wildman–Crippen MR) is 123 cm³/mol. The summed E-state index contributed by atoms with van der Waals surface area (Å²) >= 11 is 0. The average molecular weight is 490 g/mol. The minimum atomic E-state index is -1.70. The minimum absolute atomic E-state index is 0.000644. The first-order valence-electron chi connectivity index (χ1n) is 12.5. The van der Waals surface area contributed by atoms with Crippen molar-refractivity contribution in [3.8, 4) is 0 Å². The van der Waals surface area contributed by atoms with E-state index in [1.165, 1.54) is 0 Å². The van der Waals surface area contributed by atoms with Crippen LogP contribution in [0.4, 0.5) is 0 Å². The Morgan fingerprint density at radius 2 is 1.69 bits per heavy atom. The summed E-state index contributed by atoms with van der Waals surface area (Å²) in [6, 6.07) is 8.55. The molecule has 5 atom stereocenters. The Kier molecular flexibility index (Phi) is 6.42. The van der Waals surface area contributed by atoms with Crippen LogP contribution in [0.1, 0.15) is 70.2 Å². The van der Waals surface area contributed by atoms with E-state index in [2.05, 4.69) is 5.32 Å². The Labute approximate surface area is 205 Å². The lowest BCUT2D eigenvalue weighted by molar-refractivity contribution is -0.310. The number of nitrogens with one attached hydrogen (secondary N) is 1. The number of fused-ring (bicyclic) bond motifs is 3. The highest BCUT2D eigenvalue weighted by Gasteiger charge is 2.70. The van der Waals surface area contributed by atoms with Crippen LogP contribution >= 0.6 is 0 Å². The lowest BCUT2D eigenvalue weighted by Gasteiger charge is -2.44. The molecule has 0 spiro atoms. The van der Waals surface area contributed by atoms with Crippen LogP contribution in [0.25, 0.3) is 0 Å². The van der Waals surface area contributed by atoms with Crippen molar-refractivity contribution in [3.63, 3.8) is 0 Å². The Morgan fingerprint density at radius 3 is 2.40 bits per heavy atom. The molecule has 3 saturated heterocycles. The molecule has 4 aliphatic rings. The highest BCUT2D eigenvalue weighted by molar-refractivity contribution is 5.92. The highest BCUT2D eigenvalue weighted by atomic mass is 16.9. The van der Waals surface area contributed by atoms with Crippen molar-refractivity contribution in [2.45, 2.75) is 108 Å². The number of amides is 1. The lowest BCUT2D eigenvalue weighted by atomic mass is 9.91. The third-order valence-corrected chi connectivity index (χ3v) is 7.00. The minimum Gasteiger partial charge on any atom is -0.443 e. The molecule has 4 fully saturated rings. The summed E-state index contributed by atoms with van der Waals surface area (Å²) in [5.74, 6) is -4.78. The van der Waals surface area contributed by atoms with Crippen LogP contribution in [-0.4, -0.2) is 66.3 Å². The van der Waals surface area contributed by atoms with E-state index < -0.39 is 53.7 Å². The number of carbonyl (C=O) groups is 2. The smallest absolute Gasteiger partial charge is 0.339 e. The maximum Gasteiger partial charge on any atom is 0.339 e. The van der Waals surface area contributed by atoms with Crippen molar-refractivity contribution in [1.29, 1.82) is 0 Å². The number of hydrogen-bond acceptors (Lipinski definition) is 8. The molecule has 0 radical (unpaired) electrons. The first-order chi connectivity index (χ1) is 16.6. The van der Waals surface area contributed by atoms with Crippen molar-refractivity contribution in [2.24, 2.45) is 0 Å². The second-order valence-corrected chi connectivity index (χ2v) is 10.7. The van der Waals surface area contributed by atoms with Gasteiger partial charge in [-0.05, 0) is 52.7 Å². The van der Waals surface area contributed by atoms with Crippen LogP contribution in [-0.2, 0) is 33.2 Å². The topological polar surface area (TPSA) is 102 Å². The standard InChI is InChI=1S/C26H35NO8/c1-24(2)32-18-15-30-26(20(19(18)33-24)34-25(3,4)35-26)21(22(28)27-17-13-9-6-10-14-17)31-23(29)16-11-7-5-8-12-16/h5,7-8,11-12,17-21H,6,9-10,13-15H2,1-4H3,(H,27,28)/t18-,19-,20+,21-,26-/m1/s1. The fourth-order valence-corrected chi connectivity index (χ4v) is 5.59. The summed E-state index contributed by atoms with van der Waals surface area (Å²) in [6.45, 7) is 7.20. The largest absolute Gasteiger partial charge is 0.443 e. The van der Waals surface area contributed by atoms with Gasteiger partial charge in [0.2, 0.25) is 11.9 Å². The number of hydrogen-bond donors (Lipinski definition) is 1. The van der Waals surface area contributed by atoms with Crippen molar-refractivity contribution in [3.05, 3.63) is 35.9 Å². The van der Waals surface area contributed by atoms with E-state index in [-0.39, 0.29) is 12.6 Å². The number of rotatable bonds is 5.